The van der Waals surface area contributed by atoms with Crippen molar-refractivity contribution in [3.8, 4) is 11.5 Å². The second-order valence-corrected chi connectivity index (χ2v) is 6.61. The van der Waals surface area contributed by atoms with Crippen molar-refractivity contribution in [3.05, 3.63) is 45.1 Å². The van der Waals surface area contributed by atoms with Gasteiger partial charge < -0.3 is 14.8 Å². The average Bonchev–Trinajstić information content (AvgIpc) is 2.93. The van der Waals surface area contributed by atoms with Crippen LogP contribution in [0.3, 0.4) is 0 Å². The second-order valence-electron chi connectivity index (χ2n) is 4.86. The molecule has 1 N–H and O–H groups in total. The van der Waals surface area contributed by atoms with E-state index in [1.54, 1.807) is 25.6 Å². The summed E-state index contributed by atoms with van der Waals surface area (Å²) in [6.07, 6.45) is 0. The summed E-state index contributed by atoms with van der Waals surface area (Å²) in [4.78, 5) is 1.22. The van der Waals surface area contributed by atoms with E-state index in [0.29, 0.717) is 0 Å². The van der Waals surface area contributed by atoms with Crippen molar-refractivity contribution in [1.82, 2.24) is 5.32 Å². The fraction of sp³-hybridized carbons (Fsp3) is 0.375. The summed E-state index contributed by atoms with van der Waals surface area (Å²) in [6, 6.07) is 10.2. The first-order valence-corrected chi connectivity index (χ1v) is 7.97. The third-order valence-corrected chi connectivity index (χ3v) is 4.84. The van der Waals surface area contributed by atoms with E-state index >= 15 is 0 Å². The van der Waals surface area contributed by atoms with E-state index in [1.165, 1.54) is 4.88 Å². The number of hydrogen-bond donors (Lipinski definition) is 1. The van der Waals surface area contributed by atoms with Crippen molar-refractivity contribution in [1.29, 1.82) is 0 Å². The third kappa shape index (κ3) is 3.90. The summed E-state index contributed by atoms with van der Waals surface area (Å²) in [5.41, 5.74) is 1.10. The monoisotopic (exact) mass is 325 g/mol. The Hall–Kier alpha value is -1.23. The quantitative estimate of drug-likeness (QED) is 0.825. The molecule has 2 unspecified atom stereocenters. The number of halogens is 1. The number of ether oxygens (including phenoxy) is 2. The highest BCUT2D eigenvalue weighted by atomic mass is 35.5. The molecule has 0 aliphatic heterocycles. The Morgan fingerprint density at radius 3 is 2.38 bits per heavy atom. The molecular weight excluding hydrogens is 306 g/mol. The fourth-order valence-corrected chi connectivity index (χ4v) is 3.36. The highest BCUT2D eigenvalue weighted by Crippen LogP contribution is 2.32. The van der Waals surface area contributed by atoms with Gasteiger partial charge in [0.05, 0.1) is 18.6 Å². The molecule has 1 aromatic carbocycles. The van der Waals surface area contributed by atoms with Gasteiger partial charge in [0.2, 0.25) is 0 Å². The van der Waals surface area contributed by atoms with E-state index in [2.05, 4.69) is 25.2 Å². The van der Waals surface area contributed by atoms with Gasteiger partial charge in [0.15, 0.2) is 0 Å². The molecule has 114 valence electrons. The van der Waals surface area contributed by atoms with Crippen molar-refractivity contribution < 1.29 is 9.47 Å². The van der Waals surface area contributed by atoms with Crippen molar-refractivity contribution in [2.75, 3.05) is 14.2 Å². The van der Waals surface area contributed by atoms with Crippen LogP contribution in [0, 0.1) is 0 Å². The number of thiophene rings is 1. The van der Waals surface area contributed by atoms with Gasteiger partial charge in [-0.15, -0.1) is 11.3 Å². The maximum atomic E-state index is 6.00. The number of hydrogen-bond acceptors (Lipinski definition) is 4. The molecule has 0 radical (unpaired) electrons. The van der Waals surface area contributed by atoms with E-state index in [0.717, 1.165) is 21.4 Å². The molecule has 0 saturated heterocycles. The van der Waals surface area contributed by atoms with E-state index in [1.807, 2.05) is 24.3 Å². The Morgan fingerprint density at radius 2 is 1.81 bits per heavy atom. The summed E-state index contributed by atoms with van der Waals surface area (Å²) in [5.74, 6) is 1.62. The summed E-state index contributed by atoms with van der Waals surface area (Å²) < 4.78 is 11.5. The minimum atomic E-state index is 0.154. The van der Waals surface area contributed by atoms with Crippen LogP contribution in [0.1, 0.15) is 36.4 Å². The van der Waals surface area contributed by atoms with Gasteiger partial charge in [-0.05, 0) is 32.0 Å². The Labute approximate surface area is 134 Å². The minimum absolute atomic E-state index is 0.154. The first kappa shape index (κ1) is 16.1. The standard InChI is InChI=1S/C16H20ClNO2S/c1-10(18-11(2)15-7-8-16(17)21-15)13-6-5-12(19-3)9-14(13)20-4/h5-11,18H,1-4H3. The van der Waals surface area contributed by atoms with Crippen LogP contribution in [-0.2, 0) is 0 Å². The molecule has 2 aromatic rings. The lowest BCUT2D eigenvalue weighted by molar-refractivity contribution is 0.383. The predicted octanol–water partition coefficient (Wildman–Crippen LogP) is 4.83. The molecular formula is C16H20ClNO2S. The Kier molecular flexibility index (Phi) is 5.51. The zero-order valence-corrected chi connectivity index (χ0v) is 14.2. The molecule has 0 fully saturated rings. The van der Waals surface area contributed by atoms with Gasteiger partial charge in [-0.2, -0.15) is 0 Å². The highest BCUT2D eigenvalue weighted by molar-refractivity contribution is 7.16. The molecule has 2 atom stereocenters. The van der Waals surface area contributed by atoms with Crippen LogP contribution in [0.4, 0.5) is 0 Å². The molecule has 2 rings (SSSR count). The van der Waals surface area contributed by atoms with Gasteiger partial charge in [0.1, 0.15) is 11.5 Å². The van der Waals surface area contributed by atoms with E-state index in [4.69, 9.17) is 21.1 Å². The molecule has 1 heterocycles. The lowest BCUT2D eigenvalue weighted by Gasteiger charge is -2.21. The lowest BCUT2D eigenvalue weighted by atomic mass is 10.1. The first-order valence-electron chi connectivity index (χ1n) is 6.78. The third-order valence-electron chi connectivity index (χ3n) is 3.43. The van der Waals surface area contributed by atoms with Crippen LogP contribution in [0.2, 0.25) is 4.34 Å². The molecule has 0 amide bonds. The van der Waals surface area contributed by atoms with Crippen LogP contribution in [0.5, 0.6) is 11.5 Å². The SMILES string of the molecule is COc1ccc(C(C)NC(C)c2ccc(Cl)s2)c(OC)c1. The number of methoxy groups -OCH3 is 2. The average molecular weight is 326 g/mol. The molecule has 0 saturated carbocycles. The highest BCUT2D eigenvalue weighted by Gasteiger charge is 2.16. The minimum Gasteiger partial charge on any atom is -0.497 e. The van der Waals surface area contributed by atoms with E-state index in [9.17, 15) is 0 Å². The summed E-state index contributed by atoms with van der Waals surface area (Å²) in [6.45, 7) is 4.25. The Bertz CT molecular complexity index is 600. The fourth-order valence-electron chi connectivity index (χ4n) is 2.28. The second kappa shape index (κ2) is 7.16. The zero-order chi connectivity index (χ0) is 15.4. The van der Waals surface area contributed by atoms with Crippen molar-refractivity contribution >= 4 is 22.9 Å². The van der Waals surface area contributed by atoms with Gasteiger partial charge >= 0.3 is 0 Å². The zero-order valence-electron chi connectivity index (χ0n) is 12.6. The Morgan fingerprint density at radius 1 is 1.05 bits per heavy atom. The Balaban J connectivity index is 2.14. The van der Waals surface area contributed by atoms with Gasteiger partial charge in [-0.1, -0.05) is 17.7 Å². The molecule has 21 heavy (non-hydrogen) atoms. The summed E-state index contributed by atoms with van der Waals surface area (Å²) >= 11 is 7.60. The molecule has 0 spiro atoms. The summed E-state index contributed by atoms with van der Waals surface area (Å²) in [5, 5.41) is 3.57. The molecule has 1 aromatic heterocycles. The van der Waals surface area contributed by atoms with Crippen LogP contribution in [0.15, 0.2) is 30.3 Å². The van der Waals surface area contributed by atoms with Gasteiger partial charge in [-0.25, -0.2) is 0 Å². The smallest absolute Gasteiger partial charge is 0.127 e. The molecule has 5 heteroatoms. The van der Waals surface area contributed by atoms with Crippen LogP contribution in [0.25, 0.3) is 0 Å². The predicted molar refractivity (Wildman–Crippen MR) is 88.8 cm³/mol. The first-order chi connectivity index (χ1) is 10.0. The lowest BCUT2D eigenvalue weighted by Crippen LogP contribution is -2.22. The molecule has 0 bridgehead atoms. The maximum absolute atomic E-state index is 6.00. The van der Waals surface area contributed by atoms with Crippen LogP contribution in [-0.4, -0.2) is 14.2 Å². The van der Waals surface area contributed by atoms with E-state index in [-0.39, 0.29) is 12.1 Å². The number of benzene rings is 1. The van der Waals surface area contributed by atoms with Crippen LogP contribution < -0.4 is 14.8 Å². The largest absolute Gasteiger partial charge is 0.497 e. The van der Waals surface area contributed by atoms with Gasteiger partial charge in [-0.3, -0.25) is 0 Å². The maximum Gasteiger partial charge on any atom is 0.127 e. The van der Waals surface area contributed by atoms with Crippen molar-refractivity contribution in [3.63, 3.8) is 0 Å². The van der Waals surface area contributed by atoms with E-state index < -0.39 is 0 Å². The topological polar surface area (TPSA) is 30.5 Å². The molecule has 3 nitrogen and oxygen atoms in total. The molecule has 0 aliphatic carbocycles. The van der Waals surface area contributed by atoms with Gasteiger partial charge in [0.25, 0.3) is 0 Å². The number of rotatable bonds is 6. The van der Waals surface area contributed by atoms with Crippen molar-refractivity contribution in [2.45, 2.75) is 25.9 Å². The normalized spacial score (nSPS) is 13.8. The van der Waals surface area contributed by atoms with Gasteiger partial charge in [0, 0.05) is 28.6 Å². The van der Waals surface area contributed by atoms with Crippen molar-refractivity contribution in [2.24, 2.45) is 0 Å². The summed E-state index contributed by atoms with van der Waals surface area (Å²) in [7, 11) is 3.33. The molecule has 0 aliphatic rings. The van der Waals surface area contributed by atoms with Crippen LogP contribution >= 0.6 is 22.9 Å². The number of nitrogens with one attached hydrogen (secondary N) is 1.